The quantitative estimate of drug-likeness (QED) is 0.634. The van der Waals surface area contributed by atoms with E-state index in [0.717, 1.165) is 24.0 Å². The van der Waals surface area contributed by atoms with E-state index in [1.165, 1.54) is 10.7 Å². The molecular formula is C21H19F2N3O3. The van der Waals surface area contributed by atoms with E-state index in [2.05, 4.69) is 10.4 Å². The van der Waals surface area contributed by atoms with Gasteiger partial charge in [0.2, 0.25) is 5.88 Å². The summed E-state index contributed by atoms with van der Waals surface area (Å²) in [5, 5.41) is 7.05. The highest BCUT2D eigenvalue weighted by Gasteiger charge is 2.24. The van der Waals surface area contributed by atoms with Crippen LogP contribution >= 0.6 is 0 Å². The molecule has 1 heterocycles. The van der Waals surface area contributed by atoms with Crippen molar-refractivity contribution in [1.82, 2.24) is 15.1 Å². The zero-order valence-corrected chi connectivity index (χ0v) is 16.1. The van der Waals surface area contributed by atoms with Crippen LogP contribution in [0.3, 0.4) is 0 Å². The van der Waals surface area contributed by atoms with Gasteiger partial charge in [-0.25, -0.2) is 13.5 Å². The topological polar surface area (TPSA) is 73.2 Å². The number of nitrogens with one attached hydrogen (secondary N) is 1. The van der Waals surface area contributed by atoms with E-state index in [4.69, 9.17) is 4.74 Å². The maximum Gasteiger partial charge on any atom is 0.259 e. The van der Waals surface area contributed by atoms with Crippen LogP contribution in [0.1, 0.15) is 44.9 Å². The molecule has 0 saturated heterocycles. The first-order valence-corrected chi connectivity index (χ1v) is 8.82. The van der Waals surface area contributed by atoms with Gasteiger partial charge in [0, 0.05) is 18.7 Å². The molecule has 0 aliphatic heterocycles. The highest BCUT2D eigenvalue weighted by molar-refractivity contribution is 5.98. The van der Waals surface area contributed by atoms with Gasteiger partial charge in [0.1, 0.15) is 17.6 Å². The molecule has 150 valence electrons. The van der Waals surface area contributed by atoms with Gasteiger partial charge >= 0.3 is 0 Å². The normalized spacial score (nSPS) is 11.8. The molecular weight excluding hydrogens is 380 g/mol. The summed E-state index contributed by atoms with van der Waals surface area (Å²) in [5.74, 6) is -2.33. The van der Waals surface area contributed by atoms with Crippen LogP contribution in [-0.4, -0.2) is 22.0 Å². The molecule has 1 N–H and O–H groups in total. The van der Waals surface area contributed by atoms with Crippen molar-refractivity contribution in [2.45, 2.75) is 19.9 Å². The minimum absolute atomic E-state index is 0.0402. The highest BCUT2D eigenvalue weighted by Crippen LogP contribution is 2.28. The number of carbonyl (C=O) groups excluding carboxylic acids is 2. The number of aromatic nitrogens is 2. The monoisotopic (exact) mass is 399 g/mol. The summed E-state index contributed by atoms with van der Waals surface area (Å²) in [7, 11) is 1.58. The fourth-order valence-corrected chi connectivity index (χ4v) is 2.88. The summed E-state index contributed by atoms with van der Waals surface area (Å²) in [4.78, 5) is 23.7. The van der Waals surface area contributed by atoms with E-state index in [1.54, 1.807) is 45.2 Å². The Morgan fingerprint density at radius 2 is 1.86 bits per heavy atom. The number of nitrogens with zero attached hydrogens (tertiary/aromatic N) is 2. The van der Waals surface area contributed by atoms with Crippen molar-refractivity contribution in [2.24, 2.45) is 7.05 Å². The van der Waals surface area contributed by atoms with Crippen LogP contribution in [0, 0.1) is 18.6 Å². The van der Waals surface area contributed by atoms with Crippen LogP contribution in [0.15, 0.2) is 42.5 Å². The molecule has 0 spiro atoms. The number of aldehydes is 1. The maximum absolute atomic E-state index is 13.5. The van der Waals surface area contributed by atoms with Crippen LogP contribution in [0.2, 0.25) is 0 Å². The van der Waals surface area contributed by atoms with Crippen molar-refractivity contribution in [3.05, 3.63) is 76.5 Å². The van der Waals surface area contributed by atoms with Crippen molar-refractivity contribution in [3.63, 3.8) is 0 Å². The summed E-state index contributed by atoms with van der Waals surface area (Å²) in [5.41, 5.74) is 1.96. The van der Waals surface area contributed by atoms with Gasteiger partial charge in [-0.2, -0.15) is 5.10 Å². The second kappa shape index (κ2) is 8.22. The number of ether oxygens (including phenoxy) is 1. The molecule has 6 nitrogen and oxygen atoms in total. The molecule has 8 heteroatoms. The minimum atomic E-state index is -1.06. The predicted octanol–water partition coefficient (Wildman–Crippen LogP) is 4.10. The summed E-state index contributed by atoms with van der Waals surface area (Å²) in [6.07, 6.45) is 0.744. The number of carbonyl (C=O) groups is 2. The zero-order valence-electron chi connectivity index (χ0n) is 16.1. The first-order valence-electron chi connectivity index (χ1n) is 8.82. The van der Waals surface area contributed by atoms with Gasteiger partial charge in [0.05, 0.1) is 11.7 Å². The molecule has 1 amide bonds. The average Bonchev–Trinajstić information content (AvgIpc) is 2.97. The molecule has 0 aliphatic rings. The van der Waals surface area contributed by atoms with Crippen molar-refractivity contribution < 1.29 is 23.1 Å². The lowest BCUT2D eigenvalue weighted by atomic mass is 10.1. The molecule has 1 aromatic heterocycles. The number of rotatable bonds is 6. The van der Waals surface area contributed by atoms with Gasteiger partial charge in [-0.15, -0.1) is 0 Å². The third-order valence-electron chi connectivity index (χ3n) is 4.42. The van der Waals surface area contributed by atoms with E-state index in [0.29, 0.717) is 11.3 Å². The molecule has 29 heavy (non-hydrogen) atoms. The van der Waals surface area contributed by atoms with Gasteiger partial charge < -0.3 is 10.1 Å². The number of aryl methyl sites for hydroxylation is 2. The number of hydrogen-bond donors (Lipinski definition) is 1. The maximum atomic E-state index is 13.5. The second-order valence-corrected chi connectivity index (χ2v) is 6.55. The Morgan fingerprint density at radius 1 is 1.17 bits per heavy atom. The summed E-state index contributed by atoms with van der Waals surface area (Å²) < 4.78 is 33.6. The van der Waals surface area contributed by atoms with Crippen LogP contribution < -0.4 is 10.1 Å². The number of amides is 1. The average molecular weight is 399 g/mol. The van der Waals surface area contributed by atoms with Crippen molar-refractivity contribution >= 4 is 12.2 Å². The van der Waals surface area contributed by atoms with Crippen molar-refractivity contribution in [2.75, 3.05) is 0 Å². The van der Waals surface area contributed by atoms with Crippen LogP contribution in [0.5, 0.6) is 11.6 Å². The molecule has 3 aromatic rings. The molecule has 0 fully saturated rings. The third-order valence-corrected chi connectivity index (χ3v) is 4.42. The Balaban J connectivity index is 1.84. The lowest BCUT2D eigenvalue weighted by Crippen LogP contribution is -2.27. The van der Waals surface area contributed by atoms with Crippen molar-refractivity contribution in [3.8, 4) is 11.6 Å². The lowest BCUT2D eigenvalue weighted by Gasteiger charge is -2.15. The standard InChI is InChI=1S/C21H19F2N3O3/c1-12(15-6-4-14(11-27)5-7-15)24-20(28)19-13(2)25-26(3)21(19)29-16-8-9-17(22)18(23)10-16/h4-12H,1-3H3,(H,24,28)/t12-/m0/s1. The first kappa shape index (κ1) is 20.2. The van der Waals surface area contributed by atoms with Crippen LogP contribution in [0.4, 0.5) is 8.78 Å². The largest absolute Gasteiger partial charge is 0.438 e. The lowest BCUT2D eigenvalue weighted by molar-refractivity contribution is 0.0936. The molecule has 0 unspecified atom stereocenters. The first-order chi connectivity index (χ1) is 13.8. The van der Waals surface area contributed by atoms with E-state index in [-0.39, 0.29) is 23.2 Å². The Bertz CT molecular complexity index is 1060. The van der Waals surface area contributed by atoms with Crippen LogP contribution in [-0.2, 0) is 7.05 Å². The molecule has 0 bridgehead atoms. The fourth-order valence-electron chi connectivity index (χ4n) is 2.88. The molecule has 3 rings (SSSR count). The van der Waals surface area contributed by atoms with Gasteiger partial charge in [-0.1, -0.05) is 24.3 Å². The number of hydrogen-bond acceptors (Lipinski definition) is 4. The number of benzene rings is 2. The van der Waals surface area contributed by atoms with E-state index in [1.807, 2.05) is 0 Å². The van der Waals surface area contributed by atoms with Gasteiger partial charge in [0.25, 0.3) is 5.91 Å². The highest BCUT2D eigenvalue weighted by atomic mass is 19.2. The SMILES string of the molecule is Cc1nn(C)c(Oc2ccc(F)c(F)c2)c1C(=O)N[C@@H](C)c1ccc(C=O)cc1. The Hall–Kier alpha value is -3.55. The van der Waals surface area contributed by atoms with Gasteiger partial charge in [0.15, 0.2) is 11.6 Å². The van der Waals surface area contributed by atoms with Crippen molar-refractivity contribution in [1.29, 1.82) is 0 Å². The zero-order chi connectivity index (χ0) is 21.1. The molecule has 0 saturated carbocycles. The Labute approximate surface area is 166 Å². The smallest absolute Gasteiger partial charge is 0.259 e. The minimum Gasteiger partial charge on any atom is -0.438 e. The summed E-state index contributed by atoms with van der Waals surface area (Å²) in [6, 6.07) is 9.59. The summed E-state index contributed by atoms with van der Waals surface area (Å²) in [6.45, 7) is 3.45. The Kier molecular flexibility index (Phi) is 5.72. The molecule has 1 atom stereocenters. The van der Waals surface area contributed by atoms with Crippen LogP contribution in [0.25, 0.3) is 0 Å². The molecule has 0 aliphatic carbocycles. The van der Waals surface area contributed by atoms with Gasteiger partial charge in [-0.3, -0.25) is 9.59 Å². The molecule has 2 aromatic carbocycles. The van der Waals surface area contributed by atoms with E-state index >= 15 is 0 Å². The Morgan fingerprint density at radius 3 is 2.48 bits per heavy atom. The molecule has 0 radical (unpaired) electrons. The van der Waals surface area contributed by atoms with E-state index in [9.17, 15) is 18.4 Å². The second-order valence-electron chi connectivity index (χ2n) is 6.55. The van der Waals surface area contributed by atoms with Gasteiger partial charge in [-0.05, 0) is 31.5 Å². The van der Waals surface area contributed by atoms with E-state index < -0.39 is 17.5 Å². The predicted molar refractivity (Wildman–Crippen MR) is 102 cm³/mol. The number of halogens is 2. The third kappa shape index (κ3) is 4.31. The summed E-state index contributed by atoms with van der Waals surface area (Å²) >= 11 is 0. The fraction of sp³-hybridized carbons (Fsp3) is 0.190.